The largest absolute Gasteiger partial charge is 0.490 e. The van der Waals surface area contributed by atoms with Crippen LogP contribution in [0.15, 0.2) is 52.3 Å². The zero-order valence-corrected chi connectivity index (χ0v) is 17.6. The van der Waals surface area contributed by atoms with Crippen LogP contribution in [0.3, 0.4) is 0 Å². The molecule has 2 aliphatic heterocycles. The van der Waals surface area contributed by atoms with Crippen molar-refractivity contribution < 1.29 is 9.13 Å². The first-order valence-corrected chi connectivity index (χ1v) is 11.1. The molecule has 0 N–H and O–H groups in total. The summed E-state index contributed by atoms with van der Waals surface area (Å²) in [6.45, 7) is 2.51. The highest BCUT2D eigenvalue weighted by atomic mass is 32.1. The first-order valence-electron chi connectivity index (χ1n) is 10.1. The molecule has 0 radical (unpaired) electrons. The van der Waals surface area contributed by atoms with Gasteiger partial charge >= 0.3 is 0 Å². The molecule has 30 heavy (non-hydrogen) atoms. The molecular formula is C23H23FN4OS. The Balaban J connectivity index is 1.56. The molecule has 5 nitrogen and oxygen atoms in total. The predicted octanol–water partition coefficient (Wildman–Crippen LogP) is 4.95. The van der Waals surface area contributed by atoms with Crippen molar-refractivity contribution >= 4 is 28.9 Å². The van der Waals surface area contributed by atoms with Gasteiger partial charge in [-0.1, -0.05) is 6.07 Å². The van der Waals surface area contributed by atoms with E-state index in [0.717, 1.165) is 59.9 Å². The first kappa shape index (κ1) is 19.2. The molecule has 3 aromatic rings. The van der Waals surface area contributed by atoms with Gasteiger partial charge in [-0.15, -0.1) is 11.3 Å². The Labute approximate surface area is 179 Å². The third-order valence-corrected chi connectivity index (χ3v) is 6.25. The van der Waals surface area contributed by atoms with Crippen molar-refractivity contribution in [3.05, 3.63) is 58.7 Å². The van der Waals surface area contributed by atoms with Crippen molar-refractivity contribution in [2.75, 3.05) is 31.7 Å². The van der Waals surface area contributed by atoms with Gasteiger partial charge in [-0.2, -0.15) is 0 Å². The van der Waals surface area contributed by atoms with Crippen molar-refractivity contribution in [3.63, 3.8) is 0 Å². The summed E-state index contributed by atoms with van der Waals surface area (Å²) in [5, 5.41) is 2.04. The molecule has 7 heteroatoms. The number of anilines is 2. The molecule has 2 aromatic carbocycles. The molecule has 0 atom stereocenters. The summed E-state index contributed by atoms with van der Waals surface area (Å²) >= 11 is 1.57. The number of piperidine rings is 1. The zero-order valence-electron chi connectivity index (χ0n) is 16.8. The van der Waals surface area contributed by atoms with E-state index in [2.05, 4.69) is 34.1 Å². The minimum Gasteiger partial charge on any atom is -0.490 e. The van der Waals surface area contributed by atoms with E-state index in [4.69, 9.17) is 4.74 Å². The van der Waals surface area contributed by atoms with Crippen molar-refractivity contribution in [3.8, 4) is 17.0 Å². The van der Waals surface area contributed by atoms with Crippen LogP contribution in [0.1, 0.15) is 18.4 Å². The summed E-state index contributed by atoms with van der Waals surface area (Å²) < 4.78 is 20.4. The van der Waals surface area contributed by atoms with Gasteiger partial charge < -0.3 is 14.5 Å². The van der Waals surface area contributed by atoms with Gasteiger partial charge in [-0.25, -0.2) is 9.37 Å². The van der Waals surface area contributed by atoms with Crippen molar-refractivity contribution in [1.82, 2.24) is 9.88 Å². The Morgan fingerprint density at radius 3 is 2.80 bits per heavy atom. The molecule has 1 aromatic heterocycles. The number of hydrogen-bond acceptors (Lipinski definition) is 6. The summed E-state index contributed by atoms with van der Waals surface area (Å²) in [6, 6.07) is 10.8. The molecule has 3 heterocycles. The van der Waals surface area contributed by atoms with Crippen molar-refractivity contribution in [1.29, 1.82) is 0 Å². The summed E-state index contributed by atoms with van der Waals surface area (Å²) in [5.41, 5.74) is 6.44. The average molecular weight is 423 g/mol. The maximum absolute atomic E-state index is 13.9. The number of benzene rings is 2. The molecule has 1 saturated heterocycles. The lowest BCUT2D eigenvalue weighted by Crippen LogP contribution is -2.35. The Morgan fingerprint density at radius 1 is 1.17 bits per heavy atom. The fourth-order valence-electron chi connectivity index (χ4n) is 4.01. The highest BCUT2D eigenvalue weighted by Gasteiger charge is 2.24. The lowest BCUT2D eigenvalue weighted by Gasteiger charge is -2.32. The Morgan fingerprint density at radius 2 is 2.03 bits per heavy atom. The monoisotopic (exact) mass is 422 g/mol. The van der Waals surface area contributed by atoms with E-state index in [1.54, 1.807) is 17.4 Å². The number of aliphatic imine (C=N–C) groups is 1. The molecular weight excluding hydrogens is 399 g/mol. The van der Waals surface area contributed by atoms with E-state index < -0.39 is 0 Å². The molecule has 1 fully saturated rings. The maximum Gasteiger partial charge on any atom is 0.131 e. The highest BCUT2D eigenvalue weighted by Crippen LogP contribution is 2.40. The highest BCUT2D eigenvalue weighted by molar-refractivity contribution is 7.07. The second-order valence-corrected chi connectivity index (χ2v) is 8.48. The third kappa shape index (κ3) is 3.82. The minimum atomic E-state index is -0.259. The Kier molecular flexibility index (Phi) is 5.23. The van der Waals surface area contributed by atoms with Gasteiger partial charge in [0.2, 0.25) is 0 Å². The van der Waals surface area contributed by atoms with E-state index in [1.165, 1.54) is 12.1 Å². The van der Waals surface area contributed by atoms with Crippen molar-refractivity contribution in [2.24, 2.45) is 4.99 Å². The van der Waals surface area contributed by atoms with Gasteiger partial charge in [0.25, 0.3) is 0 Å². The fraction of sp³-hybridized carbons (Fsp3) is 0.304. The van der Waals surface area contributed by atoms with Gasteiger partial charge in [0.05, 0.1) is 16.9 Å². The van der Waals surface area contributed by atoms with Gasteiger partial charge in [-0.3, -0.25) is 4.99 Å². The summed E-state index contributed by atoms with van der Waals surface area (Å²) in [6.07, 6.45) is 4.05. The number of thiazole rings is 1. The van der Waals surface area contributed by atoms with Crippen molar-refractivity contribution in [2.45, 2.75) is 18.9 Å². The second kappa shape index (κ2) is 8.16. The molecule has 0 aliphatic carbocycles. The standard InChI is InChI=1S/C23H23FN4OS/c1-27-7-5-19(6-8-27)29-23-11-22-16(9-20(23)21-13-30-15-26-21)12-25-14-28(22)18-4-2-3-17(24)10-18/h2-4,9-13,15,19H,5-8,14H2,1H3. The molecule has 0 spiro atoms. The number of rotatable bonds is 4. The van der Waals surface area contributed by atoms with Crippen LogP contribution in [-0.4, -0.2) is 49.0 Å². The molecule has 154 valence electrons. The van der Waals surface area contributed by atoms with Gasteiger partial charge in [0, 0.05) is 47.6 Å². The molecule has 5 rings (SSSR count). The second-order valence-electron chi connectivity index (χ2n) is 7.76. The van der Waals surface area contributed by atoms with Gasteiger partial charge in [-0.05, 0) is 44.2 Å². The molecule has 2 aliphatic rings. The Hall–Kier alpha value is -2.77. The number of likely N-dealkylation sites (tertiary alicyclic amines) is 1. The lowest BCUT2D eigenvalue weighted by atomic mass is 10.0. The van der Waals surface area contributed by atoms with Crippen LogP contribution >= 0.6 is 11.3 Å². The topological polar surface area (TPSA) is 41.0 Å². The smallest absolute Gasteiger partial charge is 0.131 e. The number of aromatic nitrogens is 1. The lowest BCUT2D eigenvalue weighted by molar-refractivity contribution is 0.115. The number of fused-ring (bicyclic) bond motifs is 1. The number of nitrogens with zero attached hydrogens (tertiary/aromatic N) is 4. The number of hydrogen-bond donors (Lipinski definition) is 0. The number of halogens is 1. The summed E-state index contributed by atoms with van der Waals surface area (Å²) in [5.74, 6) is 0.566. The van der Waals surface area contributed by atoms with Gasteiger partial charge in [0.1, 0.15) is 24.3 Å². The van der Waals surface area contributed by atoms with E-state index in [1.807, 2.05) is 28.1 Å². The molecule has 0 bridgehead atoms. The maximum atomic E-state index is 13.9. The van der Waals surface area contributed by atoms with E-state index in [0.29, 0.717) is 6.67 Å². The van der Waals surface area contributed by atoms with Gasteiger partial charge in [0.15, 0.2) is 0 Å². The number of ether oxygens (including phenoxy) is 1. The molecule has 0 unspecified atom stereocenters. The Bertz CT molecular complexity index is 1060. The van der Waals surface area contributed by atoms with Crippen LogP contribution in [0.25, 0.3) is 11.3 Å². The van der Waals surface area contributed by atoms with Crippen LogP contribution in [0.5, 0.6) is 5.75 Å². The van der Waals surface area contributed by atoms with Crippen LogP contribution in [-0.2, 0) is 0 Å². The van der Waals surface area contributed by atoms with Crippen LogP contribution in [0.2, 0.25) is 0 Å². The average Bonchev–Trinajstić information content (AvgIpc) is 3.29. The van der Waals surface area contributed by atoms with E-state index >= 15 is 0 Å². The zero-order chi connectivity index (χ0) is 20.5. The van der Waals surface area contributed by atoms with Crippen LogP contribution < -0.4 is 9.64 Å². The van der Waals surface area contributed by atoms with Crippen LogP contribution in [0.4, 0.5) is 15.8 Å². The molecule has 0 amide bonds. The SMILES string of the molecule is CN1CCC(Oc2cc3c(cc2-c2cscn2)C=NCN3c2cccc(F)c2)CC1. The first-order chi connectivity index (χ1) is 14.7. The quantitative estimate of drug-likeness (QED) is 0.597. The molecule has 0 saturated carbocycles. The van der Waals surface area contributed by atoms with Crippen LogP contribution in [0, 0.1) is 5.82 Å². The fourth-order valence-corrected chi connectivity index (χ4v) is 4.56. The minimum absolute atomic E-state index is 0.177. The summed E-state index contributed by atoms with van der Waals surface area (Å²) in [7, 11) is 2.14. The normalized spacial score (nSPS) is 17.2. The van der Waals surface area contributed by atoms with E-state index in [9.17, 15) is 4.39 Å². The van der Waals surface area contributed by atoms with E-state index in [-0.39, 0.29) is 11.9 Å². The third-order valence-electron chi connectivity index (χ3n) is 5.66. The predicted molar refractivity (Wildman–Crippen MR) is 120 cm³/mol. The summed E-state index contributed by atoms with van der Waals surface area (Å²) in [4.78, 5) is 13.4.